The molecule has 0 aliphatic heterocycles. The largest absolute Gasteiger partial charge is 0.497 e. The van der Waals surface area contributed by atoms with Crippen LogP contribution in [0.1, 0.15) is 13.8 Å². The molecule has 1 atom stereocenters. The van der Waals surface area contributed by atoms with E-state index in [1.165, 1.54) is 11.0 Å². The van der Waals surface area contributed by atoms with Crippen LogP contribution in [0.2, 0.25) is 0 Å². The molecule has 28 heavy (non-hydrogen) atoms. The van der Waals surface area contributed by atoms with Gasteiger partial charge < -0.3 is 19.7 Å². The maximum absolute atomic E-state index is 13.6. The summed E-state index contributed by atoms with van der Waals surface area (Å²) in [7, 11) is 1.54. The predicted molar refractivity (Wildman–Crippen MR) is 100 cm³/mol. The first-order valence-corrected chi connectivity index (χ1v) is 8.69. The normalized spacial score (nSPS) is 11.5. The van der Waals surface area contributed by atoms with E-state index in [1.807, 2.05) is 0 Å². The molecule has 1 N–H and O–H groups in total. The Morgan fingerprint density at radius 3 is 2.18 bits per heavy atom. The number of carbonyl (C=O) groups excluding carboxylic acids is 2. The van der Waals surface area contributed by atoms with E-state index in [9.17, 15) is 18.4 Å². The van der Waals surface area contributed by atoms with Crippen molar-refractivity contribution in [2.75, 3.05) is 25.5 Å². The second-order valence-electron chi connectivity index (χ2n) is 5.93. The van der Waals surface area contributed by atoms with Crippen LogP contribution >= 0.6 is 0 Å². The lowest BCUT2D eigenvalue weighted by molar-refractivity contribution is -0.140. The van der Waals surface area contributed by atoms with E-state index in [0.29, 0.717) is 11.5 Å². The summed E-state index contributed by atoms with van der Waals surface area (Å²) in [6, 6.07) is 9.97. The number of halogens is 2. The zero-order valence-electron chi connectivity index (χ0n) is 15.9. The molecular weight excluding hydrogens is 370 g/mol. The third-order valence-corrected chi connectivity index (χ3v) is 3.98. The highest BCUT2D eigenvalue weighted by molar-refractivity contribution is 5.95. The Labute approximate surface area is 162 Å². The number of nitrogens with zero attached hydrogens (tertiary/aromatic N) is 1. The average Bonchev–Trinajstić information content (AvgIpc) is 2.69. The van der Waals surface area contributed by atoms with E-state index in [1.54, 1.807) is 45.2 Å². The molecule has 0 radical (unpaired) electrons. The highest BCUT2D eigenvalue weighted by Gasteiger charge is 2.24. The number of para-hydroxylation sites is 1. The SMILES string of the molecule is CCN(CC(=O)Nc1c(F)cccc1F)C(=O)C(C)Oc1ccc(OC)cc1. The van der Waals surface area contributed by atoms with Gasteiger partial charge in [0.25, 0.3) is 5.91 Å². The summed E-state index contributed by atoms with van der Waals surface area (Å²) in [5, 5.41) is 2.16. The molecule has 6 nitrogen and oxygen atoms in total. The first kappa shape index (κ1) is 21.1. The maximum atomic E-state index is 13.6. The molecule has 0 spiro atoms. The lowest BCUT2D eigenvalue weighted by atomic mass is 10.2. The van der Waals surface area contributed by atoms with Crippen LogP contribution in [0.15, 0.2) is 42.5 Å². The van der Waals surface area contributed by atoms with Gasteiger partial charge in [-0.3, -0.25) is 9.59 Å². The molecule has 0 aromatic heterocycles. The number of likely N-dealkylation sites (N-methyl/N-ethyl adjacent to an activating group) is 1. The van der Waals surface area contributed by atoms with Crippen molar-refractivity contribution in [1.82, 2.24) is 4.90 Å². The molecule has 0 saturated heterocycles. The van der Waals surface area contributed by atoms with Gasteiger partial charge in [0.05, 0.1) is 13.7 Å². The van der Waals surface area contributed by atoms with Crippen molar-refractivity contribution in [3.63, 3.8) is 0 Å². The molecule has 0 aliphatic carbocycles. The number of amides is 2. The molecule has 2 aromatic carbocycles. The second kappa shape index (κ2) is 9.68. The Bertz CT molecular complexity index is 807. The van der Waals surface area contributed by atoms with E-state index < -0.39 is 35.2 Å². The van der Waals surface area contributed by atoms with Crippen LogP contribution in [0.5, 0.6) is 11.5 Å². The predicted octanol–water partition coefficient (Wildman–Crippen LogP) is 3.23. The number of rotatable bonds is 8. The van der Waals surface area contributed by atoms with Crippen molar-refractivity contribution in [3.8, 4) is 11.5 Å². The molecule has 2 aromatic rings. The average molecular weight is 392 g/mol. The van der Waals surface area contributed by atoms with Crippen LogP contribution in [0, 0.1) is 11.6 Å². The summed E-state index contributed by atoms with van der Waals surface area (Å²) in [6.07, 6.45) is -0.855. The van der Waals surface area contributed by atoms with Gasteiger partial charge in [0, 0.05) is 6.54 Å². The van der Waals surface area contributed by atoms with Gasteiger partial charge in [-0.15, -0.1) is 0 Å². The molecule has 2 amide bonds. The number of nitrogens with one attached hydrogen (secondary N) is 1. The fourth-order valence-electron chi connectivity index (χ4n) is 2.48. The zero-order valence-corrected chi connectivity index (χ0v) is 15.9. The summed E-state index contributed by atoms with van der Waals surface area (Å²) in [5.41, 5.74) is -0.543. The Morgan fingerprint density at radius 2 is 1.64 bits per heavy atom. The van der Waals surface area contributed by atoms with Crippen molar-refractivity contribution in [2.45, 2.75) is 20.0 Å². The number of methoxy groups -OCH3 is 1. The highest BCUT2D eigenvalue weighted by atomic mass is 19.1. The minimum atomic E-state index is -0.890. The van der Waals surface area contributed by atoms with E-state index in [2.05, 4.69) is 5.32 Å². The smallest absolute Gasteiger partial charge is 0.263 e. The van der Waals surface area contributed by atoms with E-state index >= 15 is 0 Å². The van der Waals surface area contributed by atoms with Gasteiger partial charge in [-0.2, -0.15) is 0 Å². The third kappa shape index (κ3) is 5.42. The molecule has 0 saturated carbocycles. The first-order chi connectivity index (χ1) is 13.3. The van der Waals surface area contributed by atoms with Crippen molar-refractivity contribution in [1.29, 1.82) is 0 Å². The summed E-state index contributed by atoms with van der Waals surface area (Å²) in [5.74, 6) is -1.80. The van der Waals surface area contributed by atoms with Crippen LogP contribution in [0.3, 0.4) is 0 Å². The lowest BCUT2D eigenvalue weighted by Crippen LogP contribution is -2.44. The second-order valence-corrected chi connectivity index (χ2v) is 5.93. The molecule has 8 heteroatoms. The number of ether oxygens (including phenoxy) is 2. The van der Waals surface area contributed by atoms with Crippen LogP contribution in [0.4, 0.5) is 14.5 Å². The van der Waals surface area contributed by atoms with Gasteiger partial charge in [-0.05, 0) is 50.2 Å². The number of benzene rings is 2. The monoisotopic (exact) mass is 392 g/mol. The molecular formula is C20H22F2N2O4. The lowest BCUT2D eigenvalue weighted by Gasteiger charge is -2.24. The van der Waals surface area contributed by atoms with Crippen molar-refractivity contribution < 1.29 is 27.8 Å². The van der Waals surface area contributed by atoms with Crippen LogP contribution < -0.4 is 14.8 Å². The minimum Gasteiger partial charge on any atom is -0.497 e. The summed E-state index contributed by atoms with van der Waals surface area (Å²) in [6.45, 7) is 3.11. The molecule has 0 heterocycles. The Hall–Kier alpha value is -3.16. The Balaban J connectivity index is 1.98. The number of carbonyl (C=O) groups is 2. The molecule has 0 bridgehead atoms. The van der Waals surface area contributed by atoms with Crippen molar-refractivity contribution in [2.24, 2.45) is 0 Å². The van der Waals surface area contributed by atoms with E-state index in [-0.39, 0.29) is 13.1 Å². The van der Waals surface area contributed by atoms with Gasteiger partial charge >= 0.3 is 0 Å². The number of anilines is 1. The molecule has 150 valence electrons. The standard InChI is InChI=1S/C20H22F2N2O4/c1-4-24(12-18(25)23-19-16(21)6-5-7-17(19)22)20(26)13(2)28-15-10-8-14(27-3)9-11-15/h5-11,13H,4,12H2,1-3H3,(H,23,25). The molecule has 2 rings (SSSR count). The Morgan fingerprint density at radius 1 is 1.07 bits per heavy atom. The third-order valence-electron chi connectivity index (χ3n) is 3.98. The van der Waals surface area contributed by atoms with E-state index in [4.69, 9.17) is 9.47 Å². The maximum Gasteiger partial charge on any atom is 0.263 e. The van der Waals surface area contributed by atoms with Crippen LogP contribution in [-0.4, -0.2) is 43.0 Å². The van der Waals surface area contributed by atoms with Crippen molar-refractivity contribution >= 4 is 17.5 Å². The topological polar surface area (TPSA) is 67.9 Å². The van der Waals surface area contributed by atoms with Gasteiger partial charge in [0.2, 0.25) is 5.91 Å². The zero-order chi connectivity index (χ0) is 20.7. The highest BCUT2D eigenvalue weighted by Crippen LogP contribution is 2.19. The van der Waals surface area contributed by atoms with E-state index in [0.717, 1.165) is 12.1 Å². The van der Waals surface area contributed by atoms with Gasteiger partial charge in [-0.25, -0.2) is 8.78 Å². The van der Waals surface area contributed by atoms with Crippen molar-refractivity contribution in [3.05, 3.63) is 54.1 Å². The fourth-order valence-corrected chi connectivity index (χ4v) is 2.48. The quantitative estimate of drug-likeness (QED) is 0.749. The van der Waals surface area contributed by atoms with Crippen LogP contribution in [-0.2, 0) is 9.59 Å². The minimum absolute atomic E-state index is 0.225. The molecule has 1 unspecified atom stereocenters. The first-order valence-electron chi connectivity index (χ1n) is 8.69. The summed E-state index contributed by atoms with van der Waals surface area (Å²) in [4.78, 5) is 26.0. The Kier molecular flexibility index (Phi) is 7.31. The summed E-state index contributed by atoms with van der Waals surface area (Å²) < 4.78 is 38.0. The number of hydrogen-bond donors (Lipinski definition) is 1. The fraction of sp³-hybridized carbons (Fsp3) is 0.300. The molecule has 0 aliphatic rings. The van der Waals surface area contributed by atoms with Gasteiger partial charge in [-0.1, -0.05) is 6.07 Å². The van der Waals surface area contributed by atoms with Gasteiger partial charge in [0.1, 0.15) is 28.8 Å². The van der Waals surface area contributed by atoms with Gasteiger partial charge in [0.15, 0.2) is 6.10 Å². The number of hydrogen-bond acceptors (Lipinski definition) is 4. The molecule has 0 fully saturated rings. The van der Waals surface area contributed by atoms with Crippen LogP contribution in [0.25, 0.3) is 0 Å². The summed E-state index contributed by atoms with van der Waals surface area (Å²) >= 11 is 0.